The van der Waals surface area contributed by atoms with Crippen molar-refractivity contribution in [3.63, 3.8) is 0 Å². The maximum atomic E-state index is 11.6. The monoisotopic (exact) mass is 283 g/mol. The number of esters is 1. The second kappa shape index (κ2) is 10.7. The van der Waals surface area contributed by atoms with Gasteiger partial charge in [0.05, 0.1) is 13.0 Å². The molecule has 4 nitrogen and oxygen atoms in total. The first-order valence-electron chi connectivity index (χ1n) is 8.18. The van der Waals surface area contributed by atoms with Crippen LogP contribution in [0.25, 0.3) is 0 Å². The molecular formula is C16H29NO3. The van der Waals surface area contributed by atoms with Gasteiger partial charge in [-0.3, -0.25) is 9.59 Å². The van der Waals surface area contributed by atoms with Gasteiger partial charge in [-0.25, -0.2) is 0 Å². The van der Waals surface area contributed by atoms with Gasteiger partial charge in [0.2, 0.25) is 5.91 Å². The van der Waals surface area contributed by atoms with Crippen LogP contribution < -0.4 is 5.32 Å². The van der Waals surface area contributed by atoms with Crippen molar-refractivity contribution < 1.29 is 14.3 Å². The Morgan fingerprint density at radius 1 is 1.10 bits per heavy atom. The molecule has 0 spiro atoms. The molecule has 1 saturated heterocycles. The molecule has 1 rings (SSSR count). The van der Waals surface area contributed by atoms with Crippen LogP contribution >= 0.6 is 0 Å². The SMILES string of the molecule is CCCCCCCCCCCC(=O)O[C@@H]1CNC(=O)C1. The maximum absolute atomic E-state index is 11.6. The number of hydrogen-bond donors (Lipinski definition) is 1. The molecule has 0 aromatic carbocycles. The second-order valence-corrected chi connectivity index (χ2v) is 5.70. The number of hydrogen-bond acceptors (Lipinski definition) is 3. The van der Waals surface area contributed by atoms with Crippen LogP contribution in [0, 0.1) is 0 Å². The molecule has 1 aliphatic heterocycles. The van der Waals surface area contributed by atoms with Gasteiger partial charge in [-0.2, -0.15) is 0 Å². The summed E-state index contributed by atoms with van der Waals surface area (Å²) in [7, 11) is 0. The molecule has 0 radical (unpaired) electrons. The molecule has 0 aliphatic carbocycles. The van der Waals surface area contributed by atoms with Gasteiger partial charge in [-0.15, -0.1) is 0 Å². The standard InChI is InChI=1S/C16H29NO3/c1-2-3-4-5-6-7-8-9-10-11-16(19)20-14-12-15(18)17-13-14/h14H,2-13H2,1H3,(H,17,18)/t14-/m0/s1. The molecule has 0 unspecified atom stereocenters. The minimum absolute atomic E-state index is 0.0223. The zero-order valence-corrected chi connectivity index (χ0v) is 12.8. The number of amides is 1. The first-order chi connectivity index (χ1) is 9.72. The van der Waals surface area contributed by atoms with Gasteiger partial charge < -0.3 is 10.1 Å². The molecule has 1 amide bonds. The smallest absolute Gasteiger partial charge is 0.306 e. The highest BCUT2D eigenvalue weighted by molar-refractivity contribution is 5.79. The van der Waals surface area contributed by atoms with Crippen LogP contribution in [-0.4, -0.2) is 24.5 Å². The Bertz CT molecular complexity index is 291. The Hall–Kier alpha value is -1.06. The van der Waals surface area contributed by atoms with E-state index in [1.54, 1.807) is 0 Å². The van der Waals surface area contributed by atoms with E-state index in [1.807, 2.05) is 0 Å². The normalized spacial score (nSPS) is 18.1. The molecule has 0 aromatic heterocycles. The quantitative estimate of drug-likeness (QED) is 0.467. The van der Waals surface area contributed by atoms with E-state index < -0.39 is 0 Å². The van der Waals surface area contributed by atoms with Gasteiger partial charge in [0.25, 0.3) is 0 Å². The topological polar surface area (TPSA) is 55.4 Å². The molecule has 116 valence electrons. The van der Waals surface area contributed by atoms with E-state index in [-0.39, 0.29) is 18.0 Å². The van der Waals surface area contributed by atoms with Crippen molar-refractivity contribution in [2.45, 2.75) is 83.7 Å². The van der Waals surface area contributed by atoms with E-state index in [0.29, 0.717) is 19.4 Å². The minimum atomic E-state index is -0.242. The third-order valence-corrected chi connectivity index (χ3v) is 3.72. The summed E-state index contributed by atoms with van der Waals surface area (Å²) in [6.07, 6.45) is 11.7. The molecule has 4 heteroatoms. The Morgan fingerprint density at radius 2 is 1.70 bits per heavy atom. The van der Waals surface area contributed by atoms with Gasteiger partial charge in [-0.05, 0) is 6.42 Å². The van der Waals surface area contributed by atoms with Crippen LogP contribution in [0.2, 0.25) is 0 Å². The minimum Gasteiger partial charge on any atom is -0.460 e. The fraction of sp³-hybridized carbons (Fsp3) is 0.875. The zero-order chi connectivity index (χ0) is 14.6. The summed E-state index contributed by atoms with van der Waals surface area (Å²) in [5.74, 6) is -0.180. The molecule has 1 heterocycles. The molecule has 1 atom stereocenters. The van der Waals surface area contributed by atoms with Crippen LogP contribution in [0.15, 0.2) is 0 Å². The van der Waals surface area contributed by atoms with Crippen LogP contribution in [0.1, 0.15) is 77.6 Å². The van der Waals surface area contributed by atoms with E-state index >= 15 is 0 Å². The highest BCUT2D eigenvalue weighted by atomic mass is 16.5. The molecular weight excluding hydrogens is 254 g/mol. The average Bonchev–Trinajstić information content (AvgIpc) is 2.82. The van der Waals surface area contributed by atoms with Crippen LogP contribution in [0.5, 0.6) is 0 Å². The predicted octanol–water partition coefficient (Wildman–Crippen LogP) is 3.34. The summed E-state index contributed by atoms with van der Waals surface area (Å²) in [4.78, 5) is 22.5. The highest BCUT2D eigenvalue weighted by Crippen LogP contribution is 2.12. The average molecular weight is 283 g/mol. The van der Waals surface area contributed by atoms with Crippen molar-refractivity contribution in [1.82, 2.24) is 5.32 Å². The van der Waals surface area contributed by atoms with Crippen LogP contribution in [0.4, 0.5) is 0 Å². The van der Waals surface area contributed by atoms with Gasteiger partial charge >= 0.3 is 5.97 Å². The number of rotatable bonds is 11. The van der Waals surface area contributed by atoms with E-state index in [1.165, 1.54) is 44.9 Å². The summed E-state index contributed by atoms with van der Waals surface area (Å²) in [6.45, 7) is 2.71. The lowest BCUT2D eigenvalue weighted by Crippen LogP contribution is -2.20. The Balaban J connectivity index is 1.86. The molecule has 0 bridgehead atoms. The number of nitrogens with one attached hydrogen (secondary N) is 1. The van der Waals surface area contributed by atoms with Crippen LogP contribution in [-0.2, 0) is 14.3 Å². The summed E-state index contributed by atoms with van der Waals surface area (Å²) in [6, 6.07) is 0. The first kappa shape index (κ1) is 17.0. The molecule has 20 heavy (non-hydrogen) atoms. The lowest BCUT2D eigenvalue weighted by molar-refractivity contribution is -0.148. The molecule has 1 aliphatic rings. The molecule has 0 saturated carbocycles. The third kappa shape index (κ3) is 8.18. The van der Waals surface area contributed by atoms with Crippen molar-refractivity contribution in [2.75, 3.05) is 6.54 Å². The summed E-state index contributed by atoms with van der Waals surface area (Å²) in [5.41, 5.74) is 0. The van der Waals surface area contributed by atoms with Gasteiger partial charge in [0, 0.05) is 6.42 Å². The zero-order valence-electron chi connectivity index (χ0n) is 12.8. The van der Waals surface area contributed by atoms with Gasteiger partial charge in [-0.1, -0.05) is 58.3 Å². The molecule has 1 N–H and O–H groups in total. The van der Waals surface area contributed by atoms with Crippen molar-refractivity contribution >= 4 is 11.9 Å². The maximum Gasteiger partial charge on any atom is 0.306 e. The van der Waals surface area contributed by atoms with Crippen molar-refractivity contribution in [1.29, 1.82) is 0 Å². The van der Waals surface area contributed by atoms with E-state index in [9.17, 15) is 9.59 Å². The predicted molar refractivity (Wildman–Crippen MR) is 79.4 cm³/mol. The van der Waals surface area contributed by atoms with E-state index in [0.717, 1.165) is 12.8 Å². The second-order valence-electron chi connectivity index (χ2n) is 5.70. The van der Waals surface area contributed by atoms with Crippen LogP contribution in [0.3, 0.4) is 0 Å². The Morgan fingerprint density at radius 3 is 2.25 bits per heavy atom. The largest absolute Gasteiger partial charge is 0.460 e. The molecule has 1 fully saturated rings. The van der Waals surface area contributed by atoms with Gasteiger partial charge in [0.1, 0.15) is 6.10 Å². The van der Waals surface area contributed by atoms with E-state index in [4.69, 9.17) is 4.74 Å². The lowest BCUT2D eigenvalue weighted by Gasteiger charge is -2.09. The van der Waals surface area contributed by atoms with E-state index in [2.05, 4.69) is 12.2 Å². The fourth-order valence-corrected chi connectivity index (χ4v) is 2.49. The fourth-order valence-electron chi connectivity index (χ4n) is 2.49. The highest BCUT2D eigenvalue weighted by Gasteiger charge is 2.24. The molecule has 0 aromatic rings. The van der Waals surface area contributed by atoms with Gasteiger partial charge in [0.15, 0.2) is 0 Å². The number of ether oxygens (including phenoxy) is 1. The number of unbranched alkanes of at least 4 members (excludes halogenated alkanes) is 8. The van der Waals surface area contributed by atoms with Crippen molar-refractivity contribution in [3.8, 4) is 0 Å². The summed E-state index contributed by atoms with van der Waals surface area (Å²) in [5, 5.41) is 2.66. The number of carbonyl (C=O) groups is 2. The van der Waals surface area contributed by atoms with Crippen molar-refractivity contribution in [2.24, 2.45) is 0 Å². The summed E-state index contributed by atoms with van der Waals surface area (Å²) >= 11 is 0. The third-order valence-electron chi connectivity index (χ3n) is 3.72. The Kier molecular flexibility index (Phi) is 9.09. The summed E-state index contributed by atoms with van der Waals surface area (Å²) < 4.78 is 5.23. The Labute approximate surface area is 122 Å². The first-order valence-corrected chi connectivity index (χ1v) is 8.18. The van der Waals surface area contributed by atoms with Crippen molar-refractivity contribution in [3.05, 3.63) is 0 Å². The number of carbonyl (C=O) groups excluding carboxylic acids is 2. The lowest BCUT2D eigenvalue weighted by atomic mass is 10.1.